The maximum Gasteiger partial charge on any atom is 0.119 e. The van der Waals surface area contributed by atoms with Gasteiger partial charge in [0.15, 0.2) is 0 Å². The van der Waals surface area contributed by atoms with Gasteiger partial charge >= 0.3 is 0 Å². The second-order valence-corrected chi connectivity index (χ2v) is 5.61. The third-order valence-electron chi connectivity index (χ3n) is 3.75. The Morgan fingerprint density at radius 3 is 2.18 bits per heavy atom. The summed E-state index contributed by atoms with van der Waals surface area (Å²) in [5.41, 5.74) is 8.42. The molecule has 2 unspecified atom stereocenters. The zero-order valence-electron chi connectivity index (χ0n) is 12.7. The van der Waals surface area contributed by atoms with Gasteiger partial charge in [0, 0.05) is 11.6 Å². The lowest BCUT2D eigenvalue weighted by Crippen LogP contribution is -2.10. The van der Waals surface area contributed by atoms with E-state index in [2.05, 4.69) is 6.92 Å². The average Bonchev–Trinajstić information content (AvgIpc) is 2.55. The quantitative estimate of drug-likeness (QED) is 0.596. The fraction of sp³-hybridized carbons (Fsp3) is 0.333. The Hall–Kier alpha value is -1.71. The van der Waals surface area contributed by atoms with Gasteiger partial charge in [0.25, 0.3) is 0 Å². The second kappa shape index (κ2) is 8.06. The molecular formula is C18H22ClNO2. The van der Waals surface area contributed by atoms with Crippen molar-refractivity contribution in [2.24, 2.45) is 0 Å². The molecule has 118 valence electrons. The Labute approximate surface area is 136 Å². The van der Waals surface area contributed by atoms with E-state index in [0.717, 1.165) is 29.0 Å². The minimum atomic E-state index is -0.560. The van der Waals surface area contributed by atoms with Crippen LogP contribution in [0, 0.1) is 0 Å². The minimum Gasteiger partial charge on any atom is -0.492 e. The fourth-order valence-electron chi connectivity index (χ4n) is 2.53. The maximum absolute atomic E-state index is 10.7. The Balaban J connectivity index is 2.13. The number of aliphatic hydroxyl groups is 1. The third kappa shape index (κ3) is 4.15. The molecule has 22 heavy (non-hydrogen) atoms. The van der Waals surface area contributed by atoms with Crippen molar-refractivity contribution >= 4 is 17.3 Å². The van der Waals surface area contributed by atoms with Crippen molar-refractivity contribution in [2.75, 3.05) is 18.2 Å². The number of benzene rings is 2. The number of rotatable bonds is 7. The topological polar surface area (TPSA) is 55.5 Å². The molecular weight excluding hydrogens is 298 g/mol. The molecule has 0 amide bonds. The molecule has 2 aromatic carbocycles. The van der Waals surface area contributed by atoms with Crippen LogP contribution in [0.4, 0.5) is 5.69 Å². The van der Waals surface area contributed by atoms with E-state index in [1.54, 1.807) is 0 Å². The molecule has 0 aliphatic carbocycles. The van der Waals surface area contributed by atoms with Crippen LogP contribution in [0.15, 0.2) is 48.5 Å². The molecule has 0 radical (unpaired) electrons. The first-order valence-electron chi connectivity index (χ1n) is 7.48. The lowest BCUT2D eigenvalue weighted by atomic mass is 9.87. The monoisotopic (exact) mass is 319 g/mol. The number of ether oxygens (including phenoxy) is 1. The van der Waals surface area contributed by atoms with Crippen molar-refractivity contribution in [1.82, 2.24) is 0 Å². The number of alkyl halides is 1. The van der Waals surface area contributed by atoms with Crippen LogP contribution in [-0.4, -0.2) is 17.6 Å². The SMILES string of the molecule is CCC(c1ccc(N)cc1)C(O)c1ccc(OCCCl)cc1. The molecule has 0 aromatic heterocycles. The zero-order valence-corrected chi connectivity index (χ0v) is 13.5. The average molecular weight is 320 g/mol. The summed E-state index contributed by atoms with van der Waals surface area (Å²) in [6.07, 6.45) is 0.283. The fourth-order valence-corrected chi connectivity index (χ4v) is 2.61. The van der Waals surface area contributed by atoms with Crippen LogP contribution in [-0.2, 0) is 0 Å². The number of hydrogen-bond donors (Lipinski definition) is 2. The molecule has 0 saturated carbocycles. The lowest BCUT2D eigenvalue weighted by Gasteiger charge is -2.23. The van der Waals surface area contributed by atoms with Gasteiger partial charge in [-0.25, -0.2) is 0 Å². The molecule has 0 saturated heterocycles. The molecule has 0 aliphatic rings. The number of aliphatic hydroxyl groups excluding tert-OH is 1. The van der Waals surface area contributed by atoms with Crippen LogP contribution in [0.25, 0.3) is 0 Å². The standard InChI is InChI=1S/C18H22ClNO2/c1-2-17(13-3-7-15(20)8-4-13)18(21)14-5-9-16(10-6-14)22-12-11-19/h3-10,17-18,21H,2,11-12,20H2,1H3. The molecule has 0 spiro atoms. The number of nitrogen functional groups attached to an aromatic ring is 1. The predicted octanol–water partition coefficient (Wildman–Crippen LogP) is 4.11. The summed E-state index contributed by atoms with van der Waals surface area (Å²) in [7, 11) is 0. The zero-order chi connectivity index (χ0) is 15.9. The first kappa shape index (κ1) is 16.7. The van der Waals surface area contributed by atoms with Crippen LogP contribution in [0.1, 0.15) is 36.5 Å². The van der Waals surface area contributed by atoms with E-state index in [1.807, 2.05) is 48.5 Å². The van der Waals surface area contributed by atoms with Crippen molar-refractivity contribution < 1.29 is 9.84 Å². The highest BCUT2D eigenvalue weighted by molar-refractivity contribution is 6.18. The third-order valence-corrected chi connectivity index (χ3v) is 3.91. The Morgan fingerprint density at radius 1 is 1.05 bits per heavy atom. The van der Waals surface area contributed by atoms with Gasteiger partial charge in [-0.05, 0) is 41.8 Å². The van der Waals surface area contributed by atoms with Crippen LogP contribution < -0.4 is 10.5 Å². The van der Waals surface area contributed by atoms with Gasteiger partial charge in [-0.3, -0.25) is 0 Å². The van der Waals surface area contributed by atoms with Gasteiger partial charge in [-0.15, -0.1) is 11.6 Å². The predicted molar refractivity (Wildman–Crippen MR) is 91.5 cm³/mol. The molecule has 3 nitrogen and oxygen atoms in total. The van der Waals surface area contributed by atoms with E-state index in [-0.39, 0.29) is 5.92 Å². The van der Waals surface area contributed by atoms with Crippen LogP contribution in [0.5, 0.6) is 5.75 Å². The van der Waals surface area contributed by atoms with Gasteiger partial charge in [0.1, 0.15) is 12.4 Å². The molecule has 0 fully saturated rings. The molecule has 3 N–H and O–H groups in total. The largest absolute Gasteiger partial charge is 0.492 e. The molecule has 2 rings (SSSR count). The summed E-state index contributed by atoms with van der Waals surface area (Å²) in [5.74, 6) is 1.26. The molecule has 4 heteroatoms. The number of hydrogen-bond acceptors (Lipinski definition) is 3. The number of anilines is 1. The molecule has 0 aliphatic heterocycles. The lowest BCUT2D eigenvalue weighted by molar-refractivity contribution is 0.142. The molecule has 0 heterocycles. The maximum atomic E-state index is 10.7. The highest BCUT2D eigenvalue weighted by Gasteiger charge is 2.21. The summed E-state index contributed by atoms with van der Waals surface area (Å²) in [5, 5.41) is 10.7. The van der Waals surface area contributed by atoms with Crippen molar-refractivity contribution in [1.29, 1.82) is 0 Å². The summed E-state index contributed by atoms with van der Waals surface area (Å²) < 4.78 is 5.45. The summed E-state index contributed by atoms with van der Waals surface area (Å²) in [4.78, 5) is 0. The van der Waals surface area contributed by atoms with Crippen molar-refractivity contribution in [2.45, 2.75) is 25.4 Å². The van der Waals surface area contributed by atoms with Gasteiger partial charge in [0.2, 0.25) is 0 Å². The molecule has 2 atom stereocenters. The van der Waals surface area contributed by atoms with Gasteiger partial charge < -0.3 is 15.6 Å². The van der Waals surface area contributed by atoms with E-state index in [4.69, 9.17) is 22.1 Å². The highest BCUT2D eigenvalue weighted by Crippen LogP contribution is 2.34. The Morgan fingerprint density at radius 2 is 1.64 bits per heavy atom. The van der Waals surface area contributed by atoms with E-state index >= 15 is 0 Å². The minimum absolute atomic E-state index is 0.0372. The number of halogens is 1. The smallest absolute Gasteiger partial charge is 0.119 e. The first-order valence-corrected chi connectivity index (χ1v) is 8.01. The Kier molecular flexibility index (Phi) is 6.10. The summed E-state index contributed by atoms with van der Waals surface area (Å²) >= 11 is 5.60. The summed E-state index contributed by atoms with van der Waals surface area (Å²) in [6, 6.07) is 15.2. The van der Waals surface area contributed by atoms with E-state index in [0.29, 0.717) is 12.5 Å². The van der Waals surface area contributed by atoms with E-state index in [1.165, 1.54) is 0 Å². The summed E-state index contributed by atoms with van der Waals surface area (Å²) in [6.45, 7) is 2.55. The van der Waals surface area contributed by atoms with Gasteiger partial charge in [-0.2, -0.15) is 0 Å². The van der Waals surface area contributed by atoms with E-state index in [9.17, 15) is 5.11 Å². The van der Waals surface area contributed by atoms with Crippen LogP contribution in [0.3, 0.4) is 0 Å². The number of nitrogens with two attached hydrogens (primary N) is 1. The molecule has 2 aromatic rings. The van der Waals surface area contributed by atoms with Crippen LogP contribution in [0.2, 0.25) is 0 Å². The highest BCUT2D eigenvalue weighted by atomic mass is 35.5. The normalized spacial score (nSPS) is 13.6. The van der Waals surface area contributed by atoms with Gasteiger partial charge in [-0.1, -0.05) is 31.2 Å². The van der Waals surface area contributed by atoms with Gasteiger partial charge in [0.05, 0.1) is 12.0 Å². The first-order chi connectivity index (χ1) is 10.7. The van der Waals surface area contributed by atoms with Crippen LogP contribution >= 0.6 is 11.6 Å². The van der Waals surface area contributed by atoms with Crippen molar-refractivity contribution in [3.8, 4) is 5.75 Å². The Bertz CT molecular complexity index is 569. The second-order valence-electron chi connectivity index (χ2n) is 5.23. The molecule has 0 bridgehead atoms. The van der Waals surface area contributed by atoms with E-state index < -0.39 is 6.10 Å². The van der Waals surface area contributed by atoms with Crippen molar-refractivity contribution in [3.05, 3.63) is 59.7 Å². The van der Waals surface area contributed by atoms with Crippen molar-refractivity contribution in [3.63, 3.8) is 0 Å².